The summed E-state index contributed by atoms with van der Waals surface area (Å²) in [6.07, 6.45) is 0.236. The van der Waals surface area contributed by atoms with E-state index in [-0.39, 0.29) is 18.6 Å². The van der Waals surface area contributed by atoms with Crippen molar-refractivity contribution in [1.29, 1.82) is 0 Å². The van der Waals surface area contributed by atoms with Crippen molar-refractivity contribution in [2.75, 3.05) is 6.61 Å². The Balaban J connectivity index is 3.21. The van der Waals surface area contributed by atoms with Crippen LogP contribution >= 0.6 is 0 Å². The van der Waals surface area contributed by atoms with Crippen LogP contribution in [0, 0.1) is 17.5 Å². The molecule has 0 saturated carbocycles. The second-order valence-electron chi connectivity index (χ2n) is 3.61. The Hall–Kier alpha value is -1.12. The maximum atomic E-state index is 13.3. The average molecular weight is 283 g/mol. The van der Waals surface area contributed by atoms with E-state index >= 15 is 0 Å². The molecule has 4 nitrogen and oxygen atoms in total. The van der Waals surface area contributed by atoms with Gasteiger partial charge in [0.1, 0.15) is 17.5 Å². The van der Waals surface area contributed by atoms with Crippen LogP contribution in [0.4, 0.5) is 13.2 Å². The summed E-state index contributed by atoms with van der Waals surface area (Å²) in [5.41, 5.74) is 0. The summed E-state index contributed by atoms with van der Waals surface area (Å²) >= 11 is 0. The summed E-state index contributed by atoms with van der Waals surface area (Å²) < 4.78 is 64.6. The molecule has 1 aromatic rings. The number of benzene rings is 1. The van der Waals surface area contributed by atoms with E-state index in [0.717, 1.165) is 0 Å². The molecule has 1 aromatic carbocycles. The van der Waals surface area contributed by atoms with Crippen LogP contribution in [-0.4, -0.2) is 26.2 Å². The van der Waals surface area contributed by atoms with Gasteiger partial charge in [0.05, 0.1) is 6.61 Å². The highest BCUT2D eigenvalue weighted by atomic mass is 32.2. The monoisotopic (exact) mass is 283 g/mol. The van der Waals surface area contributed by atoms with Gasteiger partial charge in [-0.1, -0.05) is 6.92 Å². The first kappa shape index (κ1) is 14.9. The Morgan fingerprint density at radius 1 is 1.28 bits per heavy atom. The molecule has 0 bridgehead atoms. The lowest BCUT2D eigenvalue weighted by molar-refractivity contribution is 0.253. The fourth-order valence-electron chi connectivity index (χ4n) is 1.31. The van der Waals surface area contributed by atoms with Gasteiger partial charge >= 0.3 is 0 Å². The highest BCUT2D eigenvalue weighted by Gasteiger charge is 2.27. The van der Waals surface area contributed by atoms with E-state index < -0.39 is 45.0 Å². The molecule has 8 heteroatoms. The molecule has 0 amide bonds. The number of aliphatic hydroxyl groups excluding tert-OH is 1. The van der Waals surface area contributed by atoms with Gasteiger partial charge in [0.2, 0.25) is 10.0 Å². The summed E-state index contributed by atoms with van der Waals surface area (Å²) in [6, 6.07) is -0.311. The molecule has 0 aliphatic carbocycles. The first-order valence-electron chi connectivity index (χ1n) is 5.09. The van der Waals surface area contributed by atoms with Gasteiger partial charge in [-0.3, -0.25) is 0 Å². The molecule has 0 aliphatic heterocycles. The van der Waals surface area contributed by atoms with Crippen molar-refractivity contribution in [3.8, 4) is 0 Å². The first-order chi connectivity index (χ1) is 8.31. The fraction of sp³-hybridized carbons (Fsp3) is 0.400. The van der Waals surface area contributed by atoms with E-state index in [2.05, 4.69) is 0 Å². The zero-order chi connectivity index (χ0) is 13.9. The van der Waals surface area contributed by atoms with Gasteiger partial charge in [0.25, 0.3) is 0 Å². The minimum absolute atomic E-state index is 0.236. The lowest BCUT2D eigenvalue weighted by Gasteiger charge is -2.15. The first-order valence-corrected chi connectivity index (χ1v) is 6.57. The molecule has 1 atom stereocenters. The van der Waals surface area contributed by atoms with Crippen LogP contribution < -0.4 is 4.72 Å². The second kappa shape index (κ2) is 5.68. The lowest BCUT2D eigenvalue weighted by Crippen LogP contribution is -2.37. The molecular formula is C10H12F3NO3S. The van der Waals surface area contributed by atoms with Crippen molar-refractivity contribution in [3.63, 3.8) is 0 Å². The SMILES string of the molecule is CCC(CO)NS(=O)(=O)c1c(F)cc(F)cc1F. The zero-order valence-electron chi connectivity index (χ0n) is 9.45. The van der Waals surface area contributed by atoms with Crippen molar-refractivity contribution in [2.24, 2.45) is 0 Å². The Bertz CT molecular complexity index is 506. The third kappa shape index (κ3) is 3.21. The third-order valence-electron chi connectivity index (χ3n) is 2.27. The zero-order valence-corrected chi connectivity index (χ0v) is 10.3. The molecule has 1 unspecified atom stereocenters. The average Bonchev–Trinajstić information content (AvgIpc) is 2.23. The summed E-state index contributed by atoms with van der Waals surface area (Å²) in [5.74, 6) is -4.25. The molecular weight excluding hydrogens is 271 g/mol. The van der Waals surface area contributed by atoms with E-state index in [1.54, 1.807) is 6.92 Å². The number of aliphatic hydroxyl groups is 1. The molecule has 0 spiro atoms. The Morgan fingerprint density at radius 3 is 2.17 bits per heavy atom. The van der Waals surface area contributed by atoms with E-state index in [0.29, 0.717) is 0 Å². The predicted octanol–water partition coefficient (Wildman–Crippen LogP) is 1.15. The van der Waals surface area contributed by atoms with E-state index in [9.17, 15) is 21.6 Å². The summed E-state index contributed by atoms with van der Waals surface area (Å²) in [6.45, 7) is 1.07. The Kier molecular flexibility index (Phi) is 4.71. The van der Waals surface area contributed by atoms with E-state index in [1.807, 2.05) is 4.72 Å². The lowest BCUT2D eigenvalue weighted by atomic mass is 10.3. The Morgan fingerprint density at radius 2 is 1.78 bits per heavy atom. The minimum Gasteiger partial charge on any atom is -0.395 e. The van der Waals surface area contributed by atoms with Gasteiger partial charge in [-0.05, 0) is 6.42 Å². The molecule has 0 heterocycles. The van der Waals surface area contributed by atoms with Crippen molar-refractivity contribution in [2.45, 2.75) is 24.3 Å². The molecule has 1 rings (SSSR count). The van der Waals surface area contributed by atoms with Crippen LogP contribution in [0.15, 0.2) is 17.0 Å². The van der Waals surface area contributed by atoms with Crippen LogP contribution in [0.2, 0.25) is 0 Å². The number of hydrogen-bond donors (Lipinski definition) is 2. The van der Waals surface area contributed by atoms with Crippen LogP contribution in [0.25, 0.3) is 0 Å². The van der Waals surface area contributed by atoms with Crippen molar-refractivity contribution < 1.29 is 26.7 Å². The minimum atomic E-state index is -4.49. The van der Waals surface area contributed by atoms with Crippen LogP contribution in [0.5, 0.6) is 0 Å². The van der Waals surface area contributed by atoms with Gasteiger partial charge in [-0.25, -0.2) is 26.3 Å². The maximum Gasteiger partial charge on any atom is 0.246 e. The molecule has 18 heavy (non-hydrogen) atoms. The number of rotatable bonds is 5. The van der Waals surface area contributed by atoms with Gasteiger partial charge in [0.15, 0.2) is 4.90 Å². The quantitative estimate of drug-likeness (QED) is 0.852. The van der Waals surface area contributed by atoms with Crippen LogP contribution in [-0.2, 0) is 10.0 Å². The molecule has 102 valence electrons. The van der Waals surface area contributed by atoms with Crippen LogP contribution in [0.3, 0.4) is 0 Å². The second-order valence-corrected chi connectivity index (χ2v) is 5.26. The number of hydrogen-bond acceptors (Lipinski definition) is 3. The fourth-order valence-corrected chi connectivity index (χ4v) is 2.74. The summed E-state index contributed by atoms with van der Waals surface area (Å²) in [7, 11) is -4.49. The normalized spacial score (nSPS) is 13.6. The summed E-state index contributed by atoms with van der Waals surface area (Å²) in [4.78, 5) is -1.25. The topological polar surface area (TPSA) is 66.4 Å². The molecule has 0 radical (unpaired) electrons. The standard InChI is InChI=1S/C10H12F3NO3S/c1-2-7(5-15)14-18(16,17)10-8(12)3-6(11)4-9(10)13/h3-4,7,14-15H,2,5H2,1H3. The van der Waals surface area contributed by atoms with E-state index in [1.165, 1.54) is 0 Å². The van der Waals surface area contributed by atoms with Gasteiger partial charge < -0.3 is 5.11 Å². The largest absolute Gasteiger partial charge is 0.395 e. The van der Waals surface area contributed by atoms with Gasteiger partial charge in [0, 0.05) is 18.2 Å². The predicted molar refractivity (Wildman–Crippen MR) is 57.8 cm³/mol. The smallest absolute Gasteiger partial charge is 0.246 e. The van der Waals surface area contributed by atoms with Gasteiger partial charge in [-0.15, -0.1) is 0 Å². The molecule has 0 aliphatic rings. The maximum absolute atomic E-state index is 13.3. The van der Waals surface area contributed by atoms with E-state index in [4.69, 9.17) is 5.11 Å². The molecule has 0 saturated heterocycles. The number of halogens is 3. The molecule has 0 aromatic heterocycles. The molecule has 0 fully saturated rings. The highest BCUT2D eigenvalue weighted by Crippen LogP contribution is 2.20. The highest BCUT2D eigenvalue weighted by molar-refractivity contribution is 7.89. The Labute approximate surface area is 102 Å². The van der Waals surface area contributed by atoms with Crippen molar-refractivity contribution in [1.82, 2.24) is 4.72 Å². The van der Waals surface area contributed by atoms with Crippen LogP contribution in [0.1, 0.15) is 13.3 Å². The van der Waals surface area contributed by atoms with Gasteiger partial charge in [-0.2, -0.15) is 0 Å². The van der Waals surface area contributed by atoms with Crippen molar-refractivity contribution >= 4 is 10.0 Å². The number of nitrogens with one attached hydrogen (secondary N) is 1. The summed E-state index contributed by atoms with van der Waals surface area (Å²) in [5, 5.41) is 8.84. The van der Waals surface area contributed by atoms with Crippen molar-refractivity contribution in [3.05, 3.63) is 29.6 Å². The third-order valence-corrected chi connectivity index (χ3v) is 3.84. The number of sulfonamides is 1. The molecule has 2 N–H and O–H groups in total.